The Bertz CT molecular complexity index is 630. The third-order valence-electron chi connectivity index (χ3n) is 2.22. The van der Waals surface area contributed by atoms with Gasteiger partial charge < -0.3 is 4.74 Å². The number of anilines is 1. The molecule has 0 bridgehead atoms. The number of pyridine rings is 1. The van der Waals surface area contributed by atoms with E-state index in [1.165, 1.54) is 6.20 Å². The second-order valence-electron chi connectivity index (χ2n) is 5.15. The Labute approximate surface area is 115 Å². The maximum atomic E-state index is 11.7. The van der Waals surface area contributed by atoms with E-state index in [4.69, 9.17) is 16.3 Å². The van der Waals surface area contributed by atoms with Crippen LogP contribution in [0.25, 0.3) is 11.0 Å². The first-order valence-electron chi connectivity index (χ1n) is 5.74. The molecular formula is C12H15ClN4O2. The minimum absolute atomic E-state index is 0.344. The summed E-state index contributed by atoms with van der Waals surface area (Å²) < 4.78 is 6.76. The van der Waals surface area contributed by atoms with Gasteiger partial charge in [0.2, 0.25) is 0 Å². The number of aromatic nitrogens is 3. The number of hydrogen-bond acceptors (Lipinski definition) is 4. The van der Waals surface area contributed by atoms with Gasteiger partial charge in [-0.25, -0.2) is 4.79 Å². The van der Waals surface area contributed by atoms with E-state index in [0.717, 1.165) is 0 Å². The van der Waals surface area contributed by atoms with Gasteiger partial charge in [-0.05, 0) is 20.8 Å². The van der Waals surface area contributed by atoms with Crippen molar-refractivity contribution in [2.24, 2.45) is 7.05 Å². The van der Waals surface area contributed by atoms with E-state index in [1.807, 2.05) is 0 Å². The number of fused-ring (bicyclic) bond motifs is 1. The number of carbonyl (C=O) groups is 1. The van der Waals surface area contributed by atoms with Crippen LogP contribution in [0.3, 0.4) is 0 Å². The van der Waals surface area contributed by atoms with Crippen molar-refractivity contribution in [2.45, 2.75) is 26.4 Å². The number of nitrogens with zero attached hydrogens (tertiary/aromatic N) is 3. The molecule has 6 nitrogen and oxygen atoms in total. The van der Waals surface area contributed by atoms with E-state index < -0.39 is 11.7 Å². The van der Waals surface area contributed by atoms with Crippen LogP contribution in [-0.2, 0) is 11.8 Å². The number of hydrogen-bond donors (Lipinski definition) is 1. The summed E-state index contributed by atoms with van der Waals surface area (Å²) in [5.74, 6) is 0. The summed E-state index contributed by atoms with van der Waals surface area (Å²) in [6.45, 7) is 5.36. The van der Waals surface area contributed by atoms with Gasteiger partial charge in [-0.3, -0.25) is 15.0 Å². The number of ether oxygens (including phenoxy) is 1. The molecule has 2 rings (SSSR count). The smallest absolute Gasteiger partial charge is 0.412 e. The third-order valence-corrected chi connectivity index (χ3v) is 2.60. The Hall–Kier alpha value is -1.82. The highest BCUT2D eigenvalue weighted by atomic mass is 35.5. The highest BCUT2D eigenvalue weighted by Crippen LogP contribution is 2.28. The highest BCUT2D eigenvalue weighted by Gasteiger charge is 2.18. The summed E-state index contributed by atoms with van der Waals surface area (Å²) in [5.41, 5.74) is 1.01. The molecule has 0 atom stereocenters. The Balaban J connectivity index is 2.26. The minimum Gasteiger partial charge on any atom is -0.444 e. The molecule has 19 heavy (non-hydrogen) atoms. The van der Waals surface area contributed by atoms with Gasteiger partial charge in [0.15, 0.2) is 0 Å². The van der Waals surface area contributed by atoms with Crippen LogP contribution in [0.4, 0.5) is 10.5 Å². The molecule has 0 saturated heterocycles. The number of aryl methyl sites for hydroxylation is 1. The lowest BCUT2D eigenvalue weighted by atomic mass is 10.2. The first-order valence-corrected chi connectivity index (χ1v) is 6.12. The van der Waals surface area contributed by atoms with Crippen LogP contribution >= 0.6 is 11.6 Å². The zero-order valence-electron chi connectivity index (χ0n) is 11.2. The van der Waals surface area contributed by atoms with Gasteiger partial charge in [0.05, 0.1) is 23.1 Å². The van der Waals surface area contributed by atoms with Gasteiger partial charge in [0, 0.05) is 7.05 Å². The van der Waals surface area contributed by atoms with Crippen molar-refractivity contribution in [2.75, 3.05) is 5.32 Å². The molecule has 0 spiro atoms. The minimum atomic E-state index is -0.577. The van der Waals surface area contributed by atoms with E-state index in [2.05, 4.69) is 15.4 Å². The van der Waals surface area contributed by atoms with Gasteiger partial charge in [-0.1, -0.05) is 11.6 Å². The van der Waals surface area contributed by atoms with Crippen LogP contribution < -0.4 is 5.32 Å². The molecule has 0 aliphatic heterocycles. The van der Waals surface area contributed by atoms with Crippen molar-refractivity contribution < 1.29 is 9.53 Å². The second-order valence-corrected chi connectivity index (χ2v) is 5.53. The predicted octanol–water partition coefficient (Wildman–Crippen LogP) is 2.97. The average molecular weight is 283 g/mol. The molecule has 1 N–H and O–H groups in total. The topological polar surface area (TPSA) is 69.0 Å². The van der Waals surface area contributed by atoms with Gasteiger partial charge in [0.25, 0.3) is 0 Å². The lowest BCUT2D eigenvalue weighted by Crippen LogP contribution is -2.27. The fourth-order valence-electron chi connectivity index (χ4n) is 1.55. The monoisotopic (exact) mass is 282 g/mol. The van der Waals surface area contributed by atoms with Crippen molar-refractivity contribution in [1.82, 2.24) is 14.8 Å². The molecule has 7 heteroatoms. The quantitative estimate of drug-likeness (QED) is 0.873. The largest absolute Gasteiger partial charge is 0.444 e. The zero-order chi connectivity index (χ0) is 14.2. The first-order chi connectivity index (χ1) is 8.76. The maximum absolute atomic E-state index is 11.7. The molecule has 0 fully saturated rings. The number of halogens is 1. The van der Waals surface area contributed by atoms with Crippen LogP contribution in [0.5, 0.6) is 0 Å². The average Bonchev–Trinajstić information content (AvgIpc) is 2.61. The maximum Gasteiger partial charge on any atom is 0.412 e. The fourth-order valence-corrected chi connectivity index (χ4v) is 1.78. The van der Waals surface area contributed by atoms with Gasteiger partial charge in [0.1, 0.15) is 16.6 Å². The summed E-state index contributed by atoms with van der Waals surface area (Å²) in [4.78, 5) is 15.9. The first kappa shape index (κ1) is 13.6. The SMILES string of the molecule is Cn1cc2ncc(NC(=O)OC(C)(C)C)c(Cl)c2n1. The summed E-state index contributed by atoms with van der Waals surface area (Å²) in [6, 6.07) is 0. The summed E-state index contributed by atoms with van der Waals surface area (Å²) in [7, 11) is 1.78. The highest BCUT2D eigenvalue weighted by molar-refractivity contribution is 6.37. The summed E-state index contributed by atoms with van der Waals surface area (Å²) in [6.07, 6.45) is 2.65. The van der Waals surface area contributed by atoms with Crippen molar-refractivity contribution in [3.8, 4) is 0 Å². The molecule has 0 aliphatic rings. The van der Waals surface area contributed by atoms with E-state index in [0.29, 0.717) is 21.7 Å². The lowest BCUT2D eigenvalue weighted by molar-refractivity contribution is 0.0636. The molecule has 1 amide bonds. The van der Waals surface area contributed by atoms with Crippen LogP contribution in [0.2, 0.25) is 5.02 Å². The molecule has 2 aromatic rings. The standard InChI is InChI=1S/C12H15ClN4O2/c1-12(2,3)19-11(18)15-7-5-14-8-6-17(4)16-10(8)9(7)13/h5-6H,1-4H3,(H,15,18). The van der Waals surface area contributed by atoms with Gasteiger partial charge in [-0.2, -0.15) is 5.10 Å². The Morgan fingerprint density at radius 2 is 2.16 bits per heavy atom. The Morgan fingerprint density at radius 1 is 1.47 bits per heavy atom. The van der Waals surface area contributed by atoms with E-state index >= 15 is 0 Å². The number of nitrogens with one attached hydrogen (secondary N) is 1. The number of amides is 1. The molecule has 0 aromatic carbocycles. The lowest BCUT2D eigenvalue weighted by Gasteiger charge is -2.19. The molecule has 2 heterocycles. The van der Waals surface area contributed by atoms with Crippen LogP contribution in [0.15, 0.2) is 12.4 Å². The van der Waals surface area contributed by atoms with Crippen LogP contribution in [-0.4, -0.2) is 26.5 Å². The Morgan fingerprint density at radius 3 is 2.79 bits per heavy atom. The predicted molar refractivity (Wildman–Crippen MR) is 73.4 cm³/mol. The molecule has 2 aromatic heterocycles. The molecule has 102 valence electrons. The Kier molecular flexibility index (Phi) is 3.36. The van der Waals surface area contributed by atoms with Crippen molar-refractivity contribution in [3.05, 3.63) is 17.4 Å². The van der Waals surface area contributed by atoms with E-state index in [9.17, 15) is 4.79 Å². The normalized spacial score (nSPS) is 11.6. The van der Waals surface area contributed by atoms with Gasteiger partial charge >= 0.3 is 6.09 Å². The second kappa shape index (κ2) is 4.70. The summed E-state index contributed by atoms with van der Waals surface area (Å²) in [5, 5.41) is 7.09. The van der Waals surface area contributed by atoms with Crippen molar-refractivity contribution in [3.63, 3.8) is 0 Å². The van der Waals surface area contributed by atoms with Crippen molar-refractivity contribution >= 4 is 34.4 Å². The molecule has 0 aliphatic carbocycles. The van der Waals surface area contributed by atoms with E-state index in [1.54, 1.807) is 38.7 Å². The third kappa shape index (κ3) is 3.14. The molecule has 0 saturated carbocycles. The fraction of sp³-hybridized carbons (Fsp3) is 0.417. The zero-order valence-corrected chi connectivity index (χ0v) is 11.9. The molecule has 0 unspecified atom stereocenters. The van der Waals surface area contributed by atoms with E-state index in [-0.39, 0.29) is 0 Å². The van der Waals surface area contributed by atoms with Crippen LogP contribution in [0.1, 0.15) is 20.8 Å². The number of carbonyl (C=O) groups excluding carboxylic acids is 1. The van der Waals surface area contributed by atoms with Gasteiger partial charge in [-0.15, -0.1) is 0 Å². The van der Waals surface area contributed by atoms with Crippen molar-refractivity contribution in [1.29, 1.82) is 0 Å². The van der Waals surface area contributed by atoms with Crippen LogP contribution in [0, 0.1) is 0 Å². The number of rotatable bonds is 1. The molecule has 0 radical (unpaired) electrons. The molecular weight excluding hydrogens is 268 g/mol. The summed E-state index contributed by atoms with van der Waals surface area (Å²) >= 11 is 6.18.